The van der Waals surface area contributed by atoms with Crippen LogP contribution in [0.15, 0.2) is 24.3 Å². The van der Waals surface area contributed by atoms with E-state index in [2.05, 4.69) is 31.2 Å². The lowest BCUT2D eigenvalue weighted by Crippen LogP contribution is -2.22. The van der Waals surface area contributed by atoms with Crippen LogP contribution in [0.5, 0.6) is 0 Å². The zero-order valence-corrected chi connectivity index (χ0v) is 8.74. The van der Waals surface area contributed by atoms with E-state index in [0.29, 0.717) is 5.92 Å². The van der Waals surface area contributed by atoms with Gasteiger partial charge in [0.15, 0.2) is 0 Å². The number of rotatable bonds is 1. The van der Waals surface area contributed by atoms with E-state index in [4.69, 9.17) is 0 Å². The van der Waals surface area contributed by atoms with E-state index < -0.39 is 0 Å². The van der Waals surface area contributed by atoms with Crippen molar-refractivity contribution in [3.63, 3.8) is 0 Å². The summed E-state index contributed by atoms with van der Waals surface area (Å²) in [6.07, 6.45) is 4.44. The van der Waals surface area contributed by atoms with Crippen molar-refractivity contribution in [3.05, 3.63) is 35.4 Å². The zero-order valence-electron chi connectivity index (χ0n) is 8.74. The third kappa shape index (κ3) is 1.98. The van der Waals surface area contributed by atoms with E-state index in [-0.39, 0.29) is 6.10 Å². The fourth-order valence-corrected chi connectivity index (χ4v) is 2.40. The molecule has 14 heavy (non-hydrogen) atoms. The molecule has 0 saturated heterocycles. The van der Waals surface area contributed by atoms with Crippen molar-refractivity contribution < 1.29 is 5.11 Å². The van der Waals surface area contributed by atoms with Gasteiger partial charge in [0.2, 0.25) is 0 Å². The minimum Gasteiger partial charge on any atom is -0.392 e. The summed E-state index contributed by atoms with van der Waals surface area (Å²) in [5, 5.41) is 9.91. The highest BCUT2D eigenvalue weighted by Gasteiger charge is 2.24. The van der Waals surface area contributed by atoms with Gasteiger partial charge in [0.1, 0.15) is 0 Å². The Bertz CT molecular complexity index is 306. The Kier molecular flexibility index (Phi) is 2.87. The highest BCUT2D eigenvalue weighted by atomic mass is 16.3. The quantitative estimate of drug-likeness (QED) is 0.721. The Morgan fingerprint density at radius 2 is 2.00 bits per heavy atom. The molecule has 0 radical (unpaired) electrons. The number of aliphatic hydroxyl groups excluding tert-OH is 1. The molecule has 1 aromatic rings. The molecule has 0 amide bonds. The Morgan fingerprint density at radius 1 is 1.21 bits per heavy atom. The van der Waals surface area contributed by atoms with Crippen molar-refractivity contribution in [2.75, 3.05) is 0 Å². The molecule has 0 heterocycles. The minimum atomic E-state index is -0.120. The molecule has 0 aromatic heterocycles. The fraction of sp³-hybridized carbons (Fsp3) is 0.538. The second kappa shape index (κ2) is 4.14. The van der Waals surface area contributed by atoms with Crippen LogP contribution in [-0.4, -0.2) is 11.2 Å². The summed E-state index contributed by atoms with van der Waals surface area (Å²) >= 11 is 0. The molecular weight excluding hydrogens is 172 g/mol. The first-order valence-electron chi connectivity index (χ1n) is 5.52. The summed E-state index contributed by atoms with van der Waals surface area (Å²) in [6.45, 7) is 2.11. The minimum absolute atomic E-state index is 0.120. The number of hydrogen-bond acceptors (Lipinski definition) is 1. The van der Waals surface area contributed by atoms with E-state index in [9.17, 15) is 5.11 Å². The molecule has 76 valence electrons. The topological polar surface area (TPSA) is 20.2 Å². The fourth-order valence-electron chi connectivity index (χ4n) is 2.40. The summed E-state index contributed by atoms with van der Waals surface area (Å²) in [5.41, 5.74) is 2.61. The lowest BCUT2D eigenvalue weighted by Gasteiger charge is -2.28. The number of benzene rings is 1. The predicted octanol–water partition coefficient (Wildman–Crippen LogP) is 3.01. The third-order valence-corrected chi connectivity index (χ3v) is 3.20. The van der Waals surface area contributed by atoms with Crippen LogP contribution in [0.25, 0.3) is 0 Å². The van der Waals surface area contributed by atoms with Crippen LogP contribution < -0.4 is 0 Å². The second-order valence-electron chi connectivity index (χ2n) is 4.37. The van der Waals surface area contributed by atoms with Crippen LogP contribution in [0.3, 0.4) is 0 Å². The predicted molar refractivity (Wildman–Crippen MR) is 58.4 cm³/mol. The Hall–Kier alpha value is -0.820. The molecule has 0 bridgehead atoms. The van der Waals surface area contributed by atoms with E-state index >= 15 is 0 Å². The van der Waals surface area contributed by atoms with Gasteiger partial charge in [-0.1, -0.05) is 42.7 Å². The second-order valence-corrected chi connectivity index (χ2v) is 4.37. The van der Waals surface area contributed by atoms with E-state index in [1.54, 1.807) is 0 Å². The SMILES string of the molecule is Cc1cccc(C2CCCCC2O)c1. The van der Waals surface area contributed by atoms with Crippen molar-refractivity contribution in [1.82, 2.24) is 0 Å². The molecule has 1 aromatic carbocycles. The van der Waals surface area contributed by atoms with Gasteiger partial charge < -0.3 is 5.11 Å². The monoisotopic (exact) mass is 190 g/mol. The van der Waals surface area contributed by atoms with Crippen LogP contribution >= 0.6 is 0 Å². The summed E-state index contributed by atoms with van der Waals surface area (Å²) in [6, 6.07) is 8.55. The molecule has 2 unspecified atom stereocenters. The molecule has 1 aliphatic rings. The molecule has 1 nitrogen and oxygen atoms in total. The summed E-state index contributed by atoms with van der Waals surface area (Å²) in [4.78, 5) is 0. The summed E-state index contributed by atoms with van der Waals surface area (Å²) in [7, 11) is 0. The van der Waals surface area contributed by atoms with Crippen LogP contribution in [0.2, 0.25) is 0 Å². The maximum absolute atomic E-state index is 9.91. The van der Waals surface area contributed by atoms with Gasteiger partial charge in [0.25, 0.3) is 0 Å². The third-order valence-electron chi connectivity index (χ3n) is 3.20. The van der Waals surface area contributed by atoms with Crippen molar-refractivity contribution in [2.24, 2.45) is 0 Å². The summed E-state index contributed by atoms with van der Waals surface area (Å²) < 4.78 is 0. The van der Waals surface area contributed by atoms with E-state index in [1.165, 1.54) is 24.0 Å². The smallest absolute Gasteiger partial charge is 0.0608 e. The first-order valence-corrected chi connectivity index (χ1v) is 5.52. The molecule has 2 rings (SSSR count). The van der Waals surface area contributed by atoms with Crippen molar-refractivity contribution in [1.29, 1.82) is 0 Å². The number of aryl methyl sites for hydroxylation is 1. The molecule has 1 fully saturated rings. The van der Waals surface area contributed by atoms with Crippen LogP contribution in [0.1, 0.15) is 42.7 Å². The molecule has 1 heteroatoms. The molecule has 0 aliphatic heterocycles. The van der Waals surface area contributed by atoms with Crippen LogP contribution in [-0.2, 0) is 0 Å². The van der Waals surface area contributed by atoms with E-state index in [1.807, 2.05) is 0 Å². The van der Waals surface area contributed by atoms with Crippen molar-refractivity contribution >= 4 is 0 Å². The zero-order chi connectivity index (χ0) is 9.97. The Balaban J connectivity index is 2.20. The lowest BCUT2D eigenvalue weighted by molar-refractivity contribution is 0.106. The van der Waals surface area contributed by atoms with Gasteiger partial charge >= 0.3 is 0 Å². The first kappa shape index (κ1) is 9.72. The normalized spacial score (nSPS) is 27.6. The largest absolute Gasteiger partial charge is 0.392 e. The first-order chi connectivity index (χ1) is 6.77. The molecule has 0 spiro atoms. The van der Waals surface area contributed by atoms with Gasteiger partial charge in [-0.2, -0.15) is 0 Å². The van der Waals surface area contributed by atoms with Crippen LogP contribution in [0.4, 0.5) is 0 Å². The molecule has 2 atom stereocenters. The maximum atomic E-state index is 9.91. The van der Waals surface area contributed by atoms with Gasteiger partial charge in [0, 0.05) is 5.92 Å². The maximum Gasteiger partial charge on any atom is 0.0608 e. The summed E-state index contributed by atoms with van der Waals surface area (Å²) in [5.74, 6) is 0.378. The number of hydrogen-bond donors (Lipinski definition) is 1. The van der Waals surface area contributed by atoms with Gasteiger partial charge in [0.05, 0.1) is 6.10 Å². The average Bonchev–Trinajstić information content (AvgIpc) is 2.18. The highest BCUT2D eigenvalue weighted by Crippen LogP contribution is 2.33. The molecule has 1 aliphatic carbocycles. The molecule has 1 N–H and O–H groups in total. The standard InChI is InChI=1S/C13H18O/c1-10-5-4-6-11(9-10)12-7-2-3-8-13(12)14/h4-6,9,12-14H,2-3,7-8H2,1H3. The molecule has 1 saturated carbocycles. The Labute approximate surface area is 85.8 Å². The molecular formula is C13H18O. The van der Waals surface area contributed by atoms with Crippen molar-refractivity contribution in [2.45, 2.75) is 44.6 Å². The van der Waals surface area contributed by atoms with E-state index in [0.717, 1.165) is 12.8 Å². The van der Waals surface area contributed by atoms with Gasteiger partial charge in [-0.25, -0.2) is 0 Å². The van der Waals surface area contributed by atoms with Crippen LogP contribution in [0, 0.1) is 6.92 Å². The van der Waals surface area contributed by atoms with Crippen molar-refractivity contribution in [3.8, 4) is 0 Å². The highest BCUT2D eigenvalue weighted by molar-refractivity contribution is 5.26. The van der Waals surface area contributed by atoms with Gasteiger partial charge in [-0.05, 0) is 25.3 Å². The average molecular weight is 190 g/mol. The van der Waals surface area contributed by atoms with Gasteiger partial charge in [-0.15, -0.1) is 0 Å². The lowest BCUT2D eigenvalue weighted by atomic mass is 9.81. The number of aliphatic hydroxyl groups is 1. The van der Waals surface area contributed by atoms with Gasteiger partial charge in [-0.3, -0.25) is 0 Å². The Morgan fingerprint density at radius 3 is 2.71 bits per heavy atom.